The lowest BCUT2D eigenvalue weighted by molar-refractivity contribution is 0.102. The van der Waals surface area contributed by atoms with Gasteiger partial charge >= 0.3 is 0 Å². The van der Waals surface area contributed by atoms with Crippen molar-refractivity contribution in [1.29, 1.82) is 0 Å². The van der Waals surface area contributed by atoms with Crippen LogP contribution in [0, 0.1) is 19.7 Å². The maximum absolute atomic E-state index is 13.4. The Morgan fingerprint density at radius 1 is 1.03 bits per heavy atom. The predicted molar refractivity (Wildman–Crippen MR) is 129 cm³/mol. The van der Waals surface area contributed by atoms with Crippen LogP contribution in [0.1, 0.15) is 34.0 Å². The van der Waals surface area contributed by atoms with Gasteiger partial charge in [0.1, 0.15) is 11.6 Å². The molecule has 0 heterocycles. The molecule has 0 aliphatic carbocycles. The highest BCUT2D eigenvalue weighted by molar-refractivity contribution is 7.92. The third-order valence-electron chi connectivity index (χ3n) is 5.09. The van der Waals surface area contributed by atoms with Gasteiger partial charge in [-0.2, -0.15) is 0 Å². The quantitative estimate of drug-likeness (QED) is 0.499. The molecule has 174 valence electrons. The van der Waals surface area contributed by atoms with Gasteiger partial charge in [0, 0.05) is 16.8 Å². The number of amides is 1. The number of sulfonamides is 1. The Balaban J connectivity index is 1.97. The topological polar surface area (TPSA) is 75.7 Å². The number of carbonyl (C=O) groups is 1. The van der Waals surface area contributed by atoms with E-state index in [-0.39, 0.29) is 12.5 Å². The number of halogens is 1. The first-order valence-electron chi connectivity index (χ1n) is 10.5. The molecule has 1 amide bonds. The first-order chi connectivity index (χ1) is 15.6. The smallest absolute Gasteiger partial charge is 0.255 e. The molecule has 3 aromatic rings. The number of rotatable bonds is 8. The standard InChI is InChI=1S/C25H27FN2O4S/c1-5-32-24-13-8-19(25(29)27-23-14-17(2)6-7-18(23)3)15-20(24)16-28(33(4,30)31)22-11-9-21(26)10-12-22/h6-15H,5,16H2,1-4H3,(H,27,29). The second kappa shape index (κ2) is 10.0. The van der Waals surface area contributed by atoms with Crippen molar-refractivity contribution in [1.82, 2.24) is 0 Å². The minimum Gasteiger partial charge on any atom is -0.494 e. The average Bonchev–Trinajstić information content (AvgIpc) is 2.75. The van der Waals surface area contributed by atoms with Gasteiger partial charge in [0.2, 0.25) is 10.0 Å². The summed E-state index contributed by atoms with van der Waals surface area (Å²) >= 11 is 0. The minimum absolute atomic E-state index is 0.0790. The maximum atomic E-state index is 13.4. The second-order valence-electron chi connectivity index (χ2n) is 7.77. The Morgan fingerprint density at radius 3 is 2.36 bits per heavy atom. The van der Waals surface area contributed by atoms with E-state index in [1.165, 1.54) is 24.3 Å². The van der Waals surface area contributed by atoms with Crippen LogP contribution >= 0.6 is 0 Å². The number of carbonyl (C=O) groups excluding carboxylic acids is 1. The Kier molecular flexibility index (Phi) is 7.38. The first-order valence-corrected chi connectivity index (χ1v) is 12.3. The number of aryl methyl sites for hydroxylation is 2. The second-order valence-corrected chi connectivity index (χ2v) is 9.68. The molecule has 3 aromatic carbocycles. The highest BCUT2D eigenvalue weighted by Crippen LogP contribution is 2.27. The summed E-state index contributed by atoms with van der Waals surface area (Å²) in [6.07, 6.45) is 1.08. The molecule has 0 unspecified atom stereocenters. The molecule has 0 aliphatic heterocycles. The van der Waals surface area contributed by atoms with Crippen LogP contribution < -0.4 is 14.4 Å². The van der Waals surface area contributed by atoms with E-state index in [1.807, 2.05) is 39.0 Å². The highest BCUT2D eigenvalue weighted by Gasteiger charge is 2.21. The fraction of sp³-hybridized carbons (Fsp3) is 0.240. The lowest BCUT2D eigenvalue weighted by Crippen LogP contribution is -2.29. The lowest BCUT2D eigenvalue weighted by atomic mass is 10.1. The van der Waals surface area contributed by atoms with Gasteiger partial charge in [-0.1, -0.05) is 12.1 Å². The minimum atomic E-state index is -3.70. The summed E-state index contributed by atoms with van der Waals surface area (Å²) < 4.78 is 45.3. The number of nitrogens with one attached hydrogen (secondary N) is 1. The molecule has 0 spiro atoms. The Hall–Kier alpha value is -3.39. The third kappa shape index (κ3) is 6.10. The molecular weight excluding hydrogens is 443 g/mol. The van der Waals surface area contributed by atoms with Crippen molar-refractivity contribution >= 4 is 27.3 Å². The van der Waals surface area contributed by atoms with Crippen LogP contribution in [0.3, 0.4) is 0 Å². The normalized spacial score (nSPS) is 11.2. The summed E-state index contributed by atoms with van der Waals surface area (Å²) in [7, 11) is -3.70. The molecule has 0 atom stereocenters. The fourth-order valence-electron chi connectivity index (χ4n) is 3.37. The molecule has 0 aromatic heterocycles. The Morgan fingerprint density at radius 2 is 1.73 bits per heavy atom. The van der Waals surface area contributed by atoms with Crippen molar-refractivity contribution in [2.45, 2.75) is 27.3 Å². The number of benzene rings is 3. The van der Waals surface area contributed by atoms with E-state index < -0.39 is 15.8 Å². The summed E-state index contributed by atoms with van der Waals surface area (Å²) in [6.45, 7) is 5.96. The van der Waals surface area contributed by atoms with Gasteiger partial charge in [-0.15, -0.1) is 0 Å². The van der Waals surface area contributed by atoms with Gasteiger partial charge in [-0.25, -0.2) is 12.8 Å². The molecular formula is C25H27FN2O4S. The number of ether oxygens (including phenoxy) is 1. The van der Waals surface area contributed by atoms with E-state index in [9.17, 15) is 17.6 Å². The van der Waals surface area contributed by atoms with Crippen molar-refractivity contribution in [2.75, 3.05) is 22.5 Å². The van der Waals surface area contributed by atoms with E-state index in [0.717, 1.165) is 21.7 Å². The number of nitrogens with zero attached hydrogens (tertiary/aromatic N) is 1. The summed E-state index contributed by atoms with van der Waals surface area (Å²) in [4.78, 5) is 13.0. The van der Waals surface area contributed by atoms with Crippen LogP contribution in [0.4, 0.5) is 15.8 Å². The summed E-state index contributed by atoms with van der Waals surface area (Å²) in [6, 6.07) is 15.9. The predicted octanol–water partition coefficient (Wildman–Crippen LogP) is 5.06. The zero-order valence-corrected chi connectivity index (χ0v) is 19.9. The molecule has 0 saturated carbocycles. The van der Waals surface area contributed by atoms with Gasteiger partial charge < -0.3 is 10.1 Å². The molecule has 8 heteroatoms. The first kappa shape index (κ1) is 24.3. The molecule has 1 N–H and O–H groups in total. The Bertz CT molecular complexity index is 1260. The summed E-state index contributed by atoms with van der Waals surface area (Å²) in [5.41, 5.74) is 3.85. The number of anilines is 2. The third-order valence-corrected chi connectivity index (χ3v) is 6.23. The fourth-order valence-corrected chi connectivity index (χ4v) is 4.25. The Labute approximate surface area is 194 Å². The lowest BCUT2D eigenvalue weighted by Gasteiger charge is -2.24. The summed E-state index contributed by atoms with van der Waals surface area (Å²) in [5.74, 6) is -0.315. The van der Waals surface area contributed by atoms with Gasteiger partial charge in [0.25, 0.3) is 5.91 Å². The van der Waals surface area contributed by atoms with E-state index >= 15 is 0 Å². The van der Waals surface area contributed by atoms with Crippen molar-refractivity contribution < 1.29 is 22.3 Å². The van der Waals surface area contributed by atoms with Gasteiger partial charge in [-0.3, -0.25) is 9.10 Å². The van der Waals surface area contributed by atoms with Crippen LogP contribution in [-0.2, 0) is 16.6 Å². The molecule has 0 fully saturated rings. The molecule has 33 heavy (non-hydrogen) atoms. The van der Waals surface area contributed by atoms with Crippen LogP contribution in [0.5, 0.6) is 5.75 Å². The number of hydrogen-bond donors (Lipinski definition) is 1. The van der Waals surface area contributed by atoms with Gasteiger partial charge in [0.15, 0.2) is 0 Å². The van der Waals surface area contributed by atoms with Gasteiger partial charge in [-0.05, 0) is 80.4 Å². The van der Waals surface area contributed by atoms with Crippen molar-refractivity contribution in [3.05, 3.63) is 88.7 Å². The summed E-state index contributed by atoms with van der Waals surface area (Å²) in [5, 5.41) is 2.91. The highest BCUT2D eigenvalue weighted by atomic mass is 32.2. The molecule has 6 nitrogen and oxygen atoms in total. The van der Waals surface area contributed by atoms with E-state index in [1.54, 1.807) is 18.2 Å². The van der Waals surface area contributed by atoms with Crippen molar-refractivity contribution in [2.24, 2.45) is 0 Å². The van der Waals surface area contributed by atoms with E-state index in [0.29, 0.717) is 34.9 Å². The largest absolute Gasteiger partial charge is 0.494 e. The van der Waals surface area contributed by atoms with Crippen molar-refractivity contribution in [3.63, 3.8) is 0 Å². The average molecular weight is 471 g/mol. The monoisotopic (exact) mass is 470 g/mol. The SMILES string of the molecule is CCOc1ccc(C(=O)Nc2cc(C)ccc2C)cc1CN(c1ccc(F)cc1)S(C)(=O)=O. The zero-order chi connectivity index (χ0) is 24.2. The van der Waals surface area contributed by atoms with Crippen LogP contribution in [0.15, 0.2) is 60.7 Å². The molecule has 0 bridgehead atoms. The number of hydrogen-bond acceptors (Lipinski definition) is 4. The van der Waals surface area contributed by atoms with Crippen LogP contribution in [-0.4, -0.2) is 27.2 Å². The van der Waals surface area contributed by atoms with E-state index in [2.05, 4.69) is 5.32 Å². The van der Waals surface area contributed by atoms with Crippen LogP contribution in [0.25, 0.3) is 0 Å². The molecule has 0 radical (unpaired) electrons. The molecule has 3 rings (SSSR count). The zero-order valence-electron chi connectivity index (χ0n) is 19.1. The molecule has 0 saturated heterocycles. The van der Waals surface area contributed by atoms with Crippen molar-refractivity contribution in [3.8, 4) is 5.75 Å². The molecule has 0 aliphatic rings. The maximum Gasteiger partial charge on any atom is 0.255 e. The van der Waals surface area contributed by atoms with Crippen LogP contribution in [0.2, 0.25) is 0 Å². The van der Waals surface area contributed by atoms with E-state index in [4.69, 9.17) is 4.74 Å². The van der Waals surface area contributed by atoms with Gasteiger partial charge in [0.05, 0.1) is 25.1 Å².